The number of aryl methyl sites for hydroxylation is 2. The maximum absolute atomic E-state index is 12.3. The molecule has 29 heavy (non-hydrogen) atoms. The number of morpholine rings is 1. The largest absolute Gasteiger partial charge is 0.379 e. The highest BCUT2D eigenvalue weighted by molar-refractivity contribution is 6.32. The second kappa shape index (κ2) is 9.25. The number of nitrogens with zero attached hydrogens (tertiary/aromatic N) is 1. The van der Waals surface area contributed by atoms with Gasteiger partial charge in [0.15, 0.2) is 0 Å². The lowest BCUT2D eigenvalue weighted by Crippen LogP contribution is -2.36. The first-order valence-electron chi connectivity index (χ1n) is 10.5. The van der Waals surface area contributed by atoms with Gasteiger partial charge in [-0.3, -0.25) is 9.69 Å². The van der Waals surface area contributed by atoms with Crippen molar-refractivity contribution in [3.05, 3.63) is 65.4 Å². The third kappa shape index (κ3) is 4.86. The molecule has 2 N–H and O–H groups in total. The van der Waals surface area contributed by atoms with Crippen molar-refractivity contribution >= 4 is 22.9 Å². The summed E-state index contributed by atoms with van der Waals surface area (Å²) in [6.07, 6.45) is 5.33. The summed E-state index contributed by atoms with van der Waals surface area (Å²) in [4.78, 5) is 14.8. The minimum atomic E-state index is -0.0568. The molecule has 0 radical (unpaired) electrons. The van der Waals surface area contributed by atoms with Gasteiger partial charge in [-0.25, -0.2) is 0 Å². The van der Waals surface area contributed by atoms with Gasteiger partial charge in [-0.2, -0.15) is 0 Å². The van der Waals surface area contributed by atoms with E-state index in [1.807, 2.05) is 31.3 Å². The van der Waals surface area contributed by atoms with Gasteiger partial charge in [-0.05, 0) is 62.1 Å². The fraction of sp³-hybridized carbons (Fsp3) is 0.375. The van der Waals surface area contributed by atoms with E-state index in [0.717, 1.165) is 55.2 Å². The molecule has 1 saturated heterocycles. The zero-order valence-corrected chi connectivity index (χ0v) is 17.0. The summed E-state index contributed by atoms with van der Waals surface area (Å²) in [5, 5.41) is 6.21. The normalized spacial score (nSPS) is 18.0. The van der Waals surface area contributed by atoms with Crippen molar-refractivity contribution in [3.8, 4) is 0 Å². The topological polar surface area (TPSA) is 53.6 Å². The van der Waals surface area contributed by atoms with Gasteiger partial charge >= 0.3 is 0 Å². The Morgan fingerprint density at radius 3 is 2.69 bits per heavy atom. The number of rotatable bonds is 7. The van der Waals surface area contributed by atoms with E-state index in [2.05, 4.69) is 39.8 Å². The van der Waals surface area contributed by atoms with E-state index < -0.39 is 0 Å². The summed E-state index contributed by atoms with van der Waals surface area (Å²) in [7, 11) is 0. The number of benzene rings is 2. The monoisotopic (exact) mass is 391 g/mol. The summed E-state index contributed by atoms with van der Waals surface area (Å²) in [6.45, 7) is 7.07. The second-order valence-electron chi connectivity index (χ2n) is 7.76. The molecule has 0 bridgehead atoms. The first-order chi connectivity index (χ1) is 14.2. The predicted octanol–water partition coefficient (Wildman–Crippen LogP) is 4.06. The van der Waals surface area contributed by atoms with Crippen molar-refractivity contribution < 1.29 is 9.53 Å². The molecule has 152 valence electrons. The zero-order valence-electron chi connectivity index (χ0n) is 17.0. The fourth-order valence-electron chi connectivity index (χ4n) is 3.98. The van der Waals surface area contributed by atoms with Crippen molar-refractivity contribution in [2.24, 2.45) is 0 Å². The van der Waals surface area contributed by atoms with Gasteiger partial charge in [0.05, 0.1) is 18.8 Å². The third-order valence-electron chi connectivity index (χ3n) is 5.67. The van der Waals surface area contributed by atoms with Gasteiger partial charge < -0.3 is 15.4 Å². The molecule has 4 rings (SSSR count). The van der Waals surface area contributed by atoms with Crippen LogP contribution in [0.2, 0.25) is 0 Å². The Kier molecular flexibility index (Phi) is 6.27. The lowest BCUT2D eigenvalue weighted by Gasteiger charge is -2.26. The first-order valence-corrected chi connectivity index (χ1v) is 10.5. The Morgan fingerprint density at radius 1 is 1.10 bits per heavy atom. The molecule has 0 atom stereocenters. The summed E-state index contributed by atoms with van der Waals surface area (Å²) in [6, 6.07) is 14.4. The molecule has 2 aliphatic rings. The number of hydrogen-bond donors (Lipinski definition) is 2. The van der Waals surface area contributed by atoms with E-state index in [1.54, 1.807) is 0 Å². The number of ether oxygens (including phenoxy) is 1. The molecular weight excluding hydrogens is 362 g/mol. The Balaban J connectivity index is 1.29. The summed E-state index contributed by atoms with van der Waals surface area (Å²) in [5.41, 5.74) is 6.00. The Hall–Kier alpha value is -2.63. The van der Waals surface area contributed by atoms with E-state index in [9.17, 15) is 4.79 Å². The molecular formula is C24H29N3O2. The number of nitrogens with one attached hydrogen (secondary N) is 2. The minimum absolute atomic E-state index is 0.0568. The maximum atomic E-state index is 12.3. The zero-order chi connectivity index (χ0) is 20.1. The lowest BCUT2D eigenvalue weighted by atomic mass is 10.0. The lowest BCUT2D eigenvalue weighted by molar-refractivity contribution is -0.110. The first kappa shape index (κ1) is 19.7. The van der Waals surface area contributed by atoms with E-state index in [-0.39, 0.29) is 5.91 Å². The number of hydrogen-bond acceptors (Lipinski definition) is 4. The Labute approximate surface area is 172 Å². The predicted molar refractivity (Wildman–Crippen MR) is 118 cm³/mol. The van der Waals surface area contributed by atoms with E-state index in [1.165, 1.54) is 24.9 Å². The van der Waals surface area contributed by atoms with Crippen molar-refractivity contribution in [2.75, 3.05) is 43.5 Å². The van der Waals surface area contributed by atoms with Gasteiger partial charge in [0.1, 0.15) is 0 Å². The molecule has 0 spiro atoms. The van der Waals surface area contributed by atoms with Gasteiger partial charge in [0.2, 0.25) is 0 Å². The van der Waals surface area contributed by atoms with Gasteiger partial charge in [0.25, 0.3) is 5.91 Å². The van der Waals surface area contributed by atoms with E-state index >= 15 is 0 Å². The Bertz CT molecular complexity index is 883. The number of carbonyl (C=O) groups excluding carboxylic acids is 1. The van der Waals surface area contributed by atoms with Crippen LogP contribution in [0.15, 0.2) is 48.7 Å². The van der Waals surface area contributed by atoms with Crippen LogP contribution in [0, 0.1) is 6.92 Å². The highest BCUT2D eigenvalue weighted by Gasteiger charge is 2.25. The van der Waals surface area contributed by atoms with E-state index in [0.29, 0.717) is 5.57 Å². The summed E-state index contributed by atoms with van der Waals surface area (Å²) >= 11 is 0. The standard InChI is InChI=1S/C24H29N3O2/c1-18-5-4-7-22-23(18)21(24(28)26-22)17-25-20-10-8-19(9-11-20)6-2-3-12-27-13-15-29-16-14-27/h4-5,7-11,17,25H,2-3,6,12-16H2,1H3,(H,26,28)/b21-17+. The molecule has 5 nitrogen and oxygen atoms in total. The maximum Gasteiger partial charge on any atom is 0.257 e. The van der Waals surface area contributed by atoms with Crippen LogP contribution in [-0.4, -0.2) is 43.7 Å². The van der Waals surface area contributed by atoms with Crippen LogP contribution in [-0.2, 0) is 16.0 Å². The van der Waals surface area contributed by atoms with E-state index in [4.69, 9.17) is 4.74 Å². The average molecular weight is 392 g/mol. The molecule has 2 aromatic carbocycles. The van der Waals surface area contributed by atoms with Crippen molar-refractivity contribution in [3.63, 3.8) is 0 Å². The van der Waals surface area contributed by atoms with Crippen LogP contribution in [0.25, 0.3) is 5.57 Å². The second-order valence-corrected chi connectivity index (χ2v) is 7.76. The van der Waals surface area contributed by atoms with Crippen molar-refractivity contribution in [1.82, 2.24) is 4.90 Å². The van der Waals surface area contributed by atoms with Gasteiger partial charge in [0, 0.05) is 36.2 Å². The van der Waals surface area contributed by atoms with Gasteiger partial charge in [-0.15, -0.1) is 0 Å². The highest BCUT2D eigenvalue weighted by atomic mass is 16.5. The quantitative estimate of drug-likeness (QED) is 0.552. The number of fused-ring (bicyclic) bond motifs is 1. The van der Waals surface area contributed by atoms with Crippen LogP contribution in [0.5, 0.6) is 0 Å². The molecule has 2 heterocycles. The molecule has 2 aromatic rings. The van der Waals surface area contributed by atoms with Crippen LogP contribution in [0.4, 0.5) is 11.4 Å². The number of amides is 1. The fourth-order valence-corrected chi connectivity index (χ4v) is 3.98. The SMILES string of the molecule is Cc1cccc2c1/C(=C\Nc1ccc(CCCCN3CCOCC3)cc1)C(=O)N2. The third-order valence-corrected chi connectivity index (χ3v) is 5.67. The Morgan fingerprint density at radius 2 is 1.90 bits per heavy atom. The molecule has 2 aliphatic heterocycles. The summed E-state index contributed by atoms with van der Waals surface area (Å²) in [5.74, 6) is -0.0568. The molecule has 0 unspecified atom stereocenters. The molecule has 0 aliphatic carbocycles. The molecule has 1 amide bonds. The van der Waals surface area contributed by atoms with Gasteiger partial charge in [-0.1, -0.05) is 24.3 Å². The summed E-state index contributed by atoms with van der Waals surface area (Å²) < 4.78 is 5.39. The molecule has 5 heteroatoms. The van der Waals surface area contributed by atoms with Crippen LogP contribution in [0.3, 0.4) is 0 Å². The van der Waals surface area contributed by atoms with Crippen LogP contribution >= 0.6 is 0 Å². The number of unbranched alkanes of at least 4 members (excludes halogenated alkanes) is 1. The van der Waals surface area contributed by atoms with Crippen LogP contribution in [0.1, 0.15) is 29.5 Å². The highest BCUT2D eigenvalue weighted by Crippen LogP contribution is 2.34. The van der Waals surface area contributed by atoms with Crippen molar-refractivity contribution in [1.29, 1.82) is 0 Å². The average Bonchev–Trinajstić information content (AvgIpc) is 3.07. The number of anilines is 2. The smallest absolute Gasteiger partial charge is 0.257 e. The number of carbonyl (C=O) groups is 1. The van der Waals surface area contributed by atoms with Crippen LogP contribution < -0.4 is 10.6 Å². The molecule has 1 fully saturated rings. The minimum Gasteiger partial charge on any atom is -0.379 e. The molecule has 0 aromatic heterocycles. The molecule has 0 saturated carbocycles. The van der Waals surface area contributed by atoms with Crippen molar-refractivity contribution in [2.45, 2.75) is 26.2 Å².